The molecule has 0 amide bonds. The van der Waals surface area contributed by atoms with E-state index in [0.29, 0.717) is 54.1 Å². The second kappa shape index (κ2) is 11.1. The zero-order valence-electron chi connectivity index (χ0n) is 21.3. The number of nitrogens with two attached hydrogens (primary N) is 1. The fourth-order valence-corrected chi connectivity index (χ4v) is 6.44. The molecule has 1 aliphatic carbocycles. The minimum absolute atomic E-state index is 0.0183. The number of aryl methyl sites for hydroxylation is 1. The van der Waals surface area contributed by atoms with E-state index in [1.54, 1.807) is 13.0 Å². The third kappa shape index (κ3) is 6.33. The van der Waals surface area contributed by atoms with Gasteiger partial charge in [0.05, 0.1) is 29.3 Å². The number of fused-ring (bicyclic) bond motifs is 1. The first-order valence-electron chi connectivity index (χ1n) is 12.5. The molecule has 4 heterocycles. The van der Waals surface area contributed by atoms with Crippen molar-refractivity contribution in [1.29, 1.82) is 0 Å². The van der Waals surface area contributed by atoms with Crippen molar-refractivity contribution < 1.29 is 35.3 Å². The van der Waals surface area contributed by atoms with Crippen LogP contribution in [0.25, 0.3) is 0 Å². The Balaban J connectivity index is 1.36. The SMILES string of the molecule is Cc1sc(C(=O)c2cncnc2NC2CC[C@@H](COS(N)(=O)=O)C2)cc1C1OCCc2ccc(C(F)(F)F)nc21. The van der Waals surface area contributed by atoms with E-state index >= 15 is 0 Å². The van der Waals surface area contributed by atoms with E-state index in [4.69, 9.17) is 14.1 Å². The number of nitrogens with zero attached hydrogens (tertiary/aromatic N) is 3. The van der Waals surface area contributed by atoms with E-state index in [1.807, 2.05) is 0 Å². The zero-order valence-corrected chi connectivity index (χ0v) is 22.9. The summed E-state index contributed by atoms with van der Waals surface area (Å²) in [5.41, 5.74) is 0.708. The summed E-state index contributed by atoms with van der Waals surface area (Å²) in [5.74, 6) is -0.0342. The molecule has 3 aromatic rings. The highest BCUT2D eigenvalue weighted by Crippen LogP contribution is 2.39. The van der Waals surface area contributed by atoms with E-state index in [1.165, 1.54) is 29.9 Å². The topological polar surface area (TPSA) is 146 Å². The fraction of sp³-hybridized carbons (Fsp3) is 0.440. The maximum absolute atomic E-state index is 13.6. The molecule has 0 radical (unpaired) electrons. The number of ether oxygens (including phenoxy) is 1. The number of alkyl halides is 3. The van der Waals surface area contributed by atoms with Crippen molar-refractivity contribution in [1.82, 2.24) is 15.0 Å². The number of nitrogens with one attached hydrogen (secondary N) is 1. The summed E-state index contributed by atoms with van der Waals surface area (Å²) in [7, 11) is -4.02. The highest BCUT2D eigenvalue weighted by atomic mass is 32.2. The molecule has 0 bridgehead atoms. The van der Waals surface area contributed by atoms with Crippen LogP contribution in [0.5, 0.6) is 0 Å². The van der Waals surface area contributed by atoms with Gasteiger partial charge in [-0.05, 0) is 56.2 Å². The Morgan fingerprint density at radius 1 is 1.30 bits per heavy atom. The summed E-state index contributed by atoms with van der Waals surface area (Å²) in [6.07, 6.45) is -0.231. The minimum atomic E-state index is -4.59. The number of carbonyl (C=O) groups excluding carboxylic acids is 1. The Morgan fingerprint density at radius 2 is 2.10 bits per heavy atom. The Bertz CT molecular complexity index is 1530. The first-order valence-corrected chi connectivity index (χ1v) is 14.7. The molecule has 3 aromatic heterocycles. The highest BCUT2D eigenvalue weighted by molar-refractivity contribution is 7.84. The second-order valence-electron chi connectivity index (χ2n) is 9.77. The lowest BCUT2D eigenvalue weighted by atomic mass is 9.97. The number of hydrogen-bond acceptors (Lipinski definition) is 10. The number of thiophene rings is 1. The summed E-state index contributed by atoms with van der Waals surface area (Å²) in [4.78, 5) is 26.8. The molecule has 40 heavy (non-hydrogen) atoms. The fourth-order valence-electron chi connectivity index (χ4n) is 5.06. The summed E-state index contributed by atoms with van der Waals surface area (Å²) < 4.78 is 72.8. The molecule has 3 N–H and O–H groups in total. The Kier molecular flexibility index (Phi) is 7.94. The molecule has 3 atom stereocenters. The minimum Gasteiger partial charge on any atom is -0.367 e. The molecule has 214 valence electrons. The van der Waals surface area contributed by atoms with E-state index in [0.717, 1.165) is 10.9 Å². The number of rotatable bonds is 8. The number of pyridine rings is 1. The Labute approximate surface area is 232 Å². The Hall–Kier alpha value is -2.98. The van der Waals surface area contributed by atoms with Crippen LogP contribution >= 0.6 is 11.3 Å². The molecule has 1 saturated carbocycles. The van der Waals surface area contributed by atoms with Gasteiger partial charge < -0.3 is 10.1 Å². The monoisotopic (exact) mass is 597 g/mol. The van der Waals surface area contributed by atoms with Crippen LogP contribution in [0, 0.1) is 12.8 Å². The van der Waals surface area contributed by atoms with Gasteiger partial charge in [0, 0.05) is 22.7 Å². The predicted octanol–water partition coefficient (Wildman–Crippen LogP) is 3.95. The molecule has 15 heteroatoms. The van der Waals surface area contributed by atoms with Gasteiger partial charge in [0.15, 0.2) is 0 Å². The van der Waals surface area contributed by atoms with Crippen molar-refractivity contribution in [3.05, 3.63) is 68.6 Å². The number of halogens is 3. The van der Waals surface area contributed by atoms with E-state index < -0.39 is 28.3 Å². The van der Waals surface area contributed by atoms with Gasteiger partial charge in [-0.25, -0.2) is 20.1 Å². The first kappa shape index (κ1) is 28.5. The van der Waals surface area contributed by atoms with Gasteiger partial charge in [-0.1, -0.05) is 6.07 Å². The van der Waals surface area contributed by atoms with Gasteiger partial charge in [-0.3, -0.25) is 8.98 Å². The zero-order chi connectivity index (χ0) is 28.7. The lowest BCUT2D eigenvalue weighted by Crippen LogP contribution is -2.22. The van der Waals surface area contributed by atoms with Crippen LogP contribution in [-0.4, -0.2) is 48.4 Å². The lowest BCUT2D eigenvalue weighted by Gasteiger charge is -2.26. The number of anilines is 1. The summed E-state index contributed by atoms with van der Waals surface area (Å²) >= 11 is 1.21. The molecule has 0 aromatic carbocycles. The smallest absolute Gasteiger partial charge is 0.367 e. The van der Waals surface area contributed by atoms with Gasteiger partial charge >= 0.3 is 16.5 Å². The third-order valence-electron chi connectivity index (χ3n) is 6.98. The molecule has 2 unspecified atom stereocenters. The molecule has 1 fully saturated rings. The van der Waals surface area contributed by atoms with Gasteiger partial charge in [-0.15, -0.1) is 11.3 Å². The van der Waals surface area contributed by atoms with E-state index in [2.05, 4.69) is 20.3 Å². The van der Waals surface area contributed by atoms with Crippen molar-refractivity contribution in [2.45, 2.75) is 50.9 Å². The van der Waals surface area contributed by atoms with Crippen molar-refractivity contribution >= 4 is 33.2 Å². The van der Waals surface area contributed by atoms with Crippen LogP contribution in [0.4, 0.5) is 19.0 Å². The van der Waals surface area contributed by atoms with Gasteiger partial charge in [0.2, 0.25) is 5.78 Å². The normalized spacial score (nSPS) is 21.3. The van der Waals surface area contributed by atoms with Crippen molar-refractivity contribution in [2.24, 2.45) is 11.1 Å². The quantitative estimate of drug-likeness (QED) is 0.369. The molecule has 0 spiro atoms. The average Bonchev–Trinajstić information content (AvgIpc) is 3.52. The van der Waals surface area contributed by atoms with Crippen LogP contribution in [0.15, 0.2) is 30.7 Å². The summed E-state index contributed by atoms with van der Waals surface area (Å²) in [6.45, 7) is 2.08. The van der Waals surface area contributed by atoms with Gasteiger partial charge in [-0.2, -0.15) is 21.6 Å². The largest absolute Gasteiger partial charge is 0.433 e. The van der Waals surface area contributed by atoms with Gasteiger partial charge in [0.1, 0.15) is 23.9 Å². The van der Waals surface area contributed by atoms with Crippen LogP contribution < -0.4 is 10.5 Å². The lowest BCUT2D eigenvalue weighted by molar-refractivity contribution is -0.141. The van der Waals surface area contributed by atoms with Gasteiger partial charge in [0.25, 0.3) is 0 Å². The third-order valence-corrected chi connectivity index (χ3v) is 8.51. The summed E-state index contributed by atoms with van der Waals surface area (Å²) in [5, 5.41) is 8.17. The van der Waals surface area contributed by atoms with Crippen molar-refractivity contribution in [3.8, 4) is 0 Å². The maximum Gasteiger partial charge on any atom is 0.433 e. The highest BCUT2D eigenvalue weighted by Gasteiger charge is 2.36. The molecule has 2 aliphatic rings. The van der Waals surface area contributed by atoms with E-state index in [9.17, 15) is 26.4 Å². The van der Waals surface area contributed by atoms with Crippen LogP contribution in [0.1, 0.15) is 68.0 Å². The molecule has 5 rings (SSSR count). The Morgan fingerprint density at radius 3 is 2.85 bits per heavy atom. The first-order chi connectivity index (χ1) is 18.9. The molecule has 1 aliphatic heterocycles. The molecular formula is C25H26F3N5O5S2. The summed E-state index contributed by atoms with van der Waals surface area (Å²) in [6, 6.07) is 3.97. The van der Waals surface area contributed by atoms with Crippen LogP contribution in [-0.2, 0) is 31.8 Å². The predicted molar refractivity (Wildman–Crippen MR) is 139 cm³/mol. The maximum atomic E-state index is 13.6. The number of carbonyl (C=O) groups is 1. The average molecular weight is 598 g/mol. The van der Waals surface area contributed by atoms with Crippen LogP contribution in [0.2, 0.25) is 0 Å². The number of ketones is 1. The second-order valence-corrected chi connectivity index (χ2v) is 12.3. The van der Waals surface area contributed by atoms with E-state index in [-0.39, 0.29) is 35.6 Å². The molecule has 0 saturated heterocycles. The standard InChI is InChI=1S/C25H26F3N5O5S2/c1-13-17(23-21-15(6-7-37-23)3-5-20(33-21)25(26,27)28)9-19(39-13)22(34)18-10-30-12-31-24(18)32-16-4-2-14(8-16)11-38-40(29,35)36/h3,5,9-10,12,14,16,23H,2,4,6-8,11H2,1H3,(H2,29,35,36)(H,30,31,32)/t14-,16?,23?/m1/s1. The van der Waals surface area contributed by atoms with Crippen molar-refractivity contribution in [2.75, 3.05) is 18.5 Å². The van der Waals surface area contributed by atoms with Crippen LogP contribution in [0.3, 0.4) is 0 Å². The molecule has 10 nitrogen and oxygen atoms in total. The van der Waals surface area contributed by atoms with Crippen molar-refractivity contribution in [3.63, 3.8) is 0 Å². The molecular weight excluding hydrogens is 571 g/mol. The number of hydrogen-bond donors (Lipinski definition) is 2. The number of aromatic nitrogens is 3.